The molecule has 30 heavy (non-hydrogen) atoms. The second kappa shape index (κ2) is 10.1. The first kappa shape index (κ1) is 21.5. The Labute approximate surface area is 181 Å². The van der Waals surface area contributed by atoms with Crippen LogP contribution in [0.2, 0.25) is 0 Å². The van der Waals surface area contributed by atoms with Gasteiger partial charge in [-0.2, -0.15) is 0 Å². The average molecular weight is 428 g/mol. The Hall–Kier alpha value is -1.73. The van der Waals surface area contributed by atoms with E-state index in [0.29, 0.717) is 17.5 Å². The van der Waals surface area contributed by atoms with E-state index in [1.165, 1.54) is 31.2 Å². The second-order valence-electron chi connectivity index (χ2n) is 8.56. The van der Waals surface area contributed by atoms with Crippen molar-refractivity contribution >= 4 is 10.0 Å². The van der Waals surface area contributed by atoms with Gasteiger partial charge in [0.05, 0.1) is 4.90 Å². The van der Waals surface area contributed by atoms with Gasteiger partial charge >= 0.3 is 0 Å². The minimum atomic E-state index is -3.41. The Morgan fingerprint density at radius 2 is 1.53 bits per heavy atom. The van der Waals surface area contributed by atoms with Crippen molar-refractivity contribution in [3.05, 3.63) is 66.2 Å². The maximum Gasteiger partial charge on any atom is 0.240 e. The van der Waals surface area contributed by atoms with Crippen LogP contribution in [-0.2, 0) is 16.6 Å². The molecular weight excluding hydrogens is 394 g/mol. The first-order valence-corrected chi connectivity index (χ1v) is 12.7. The number of nitrogens with zero attached hydrogens (tertiary/aromatic N) is 2. The van der Waals surface area contributed by atoms with Crippen molar-refractivity contribution in [2.45, 2.75) is 43.2 Å². The van der Waals surface area contributed by atoms with Crippen molar-refractivity contribution in [2.24, 2.45) is 5.92 Å². The number of rotatable bonds is 8. The Morgan fingerprint density at radius 1 is 0.867 bits per heavy atom. The Bertz CT molecular complexity index is 881. The van der Waals surface area contributed by atoms with E-state index >= 15 is 0 Å². The Balaban J connectivity index is 1.24. The van der Waals surface area contributed by atoms with Crippen LogP contribution in [0.25, 0.3) is 0 Å². The molecule has 2 fully saturated rings. The summed E-state index contributed by atoms with van der Waals surface area (Å²) in [6.45, 7) is 5.71. The van der Waals surface area contributed by atoms with Gasteiger partial charge < -0.3 is 0 Å². The molecule has 2 aliphatic rings. The molecule has 2 heterocycles. The molecule has 1 N–H and O–H groups in total. The molecular formula is C24H33N3O2S. The largest absolute Gasteiger partial charge is 0.299 e. The molecule has 0 aromatic heterocycles. The number of hydrogen-bond acceptors (Lipinski definition) is 4. The number of benzene rings is 2. The van der Waals surface area contributed by atoms with E-state index in [9.17, 15) is 8.42 Å². The van der Waals surface area contributed by atoms with Crippen molar-refractivity contribution < 1.29 is 8.42 Å². The zero-order valence-electron chi connectivity index (χ0n) is 17.6. The molecule has 6 heteroatoms. The number of likely N-dealkylation sites (tertiary alicyclic amines) is 2. The van der Waals surface area contributed by atoms with Crippen LogP contribution in [0.5, 0.6) is 0 Å². The molecule has 162 valence electrons. The van der Waals surface area contributed by atoms with Crippen molar-refractivity contribution in [3.8, 4) is 0 Å². The molecule has 0 bridgehead atoms. The smallest absolute Gasteiger partial charge is 0.240 e. The number of hydrogen-bond donors (Lipinski definition) is 1. The van der Waals surface area contributed by atoms with Gasteiger partial charge in [-0.15, -0.1) is 0 Å². The van der Waals surface area contributed by atoms with Crippen LogP contribution < -0.4 is 4.72 Å². The predicted octanol–water partition coefficient (Wildman–Crippen LogP) is 3.34. The Morgan fingerprint density at radius 3 is 2.23 bits per heavy atom. The third-order valence-corrected chi connectivity index (χ3v) is 8.06. The SMILES string of the molecule is O=S(=O)(NCCN1CCC[C@H]1C1CCN(Cc2ccccc2)CC1)c1ccccc1. The standard InChI is InChI=1S/C24H33N3O2S/c28-30(29,23-10-5-2-6-11-23)25-15-19-27-16-7-12-24(27)22-13-17-26(18-14-22)20-21-8-3-1-4-9-21/h1-6,8-11,22,24-25H,7,12-20H2/t24-/m0/s1. The molecule has 5 nitrogen and oxygen atoms in total. The molecule has 2 aliphatic heterocycles. The molecule has 0 spiro atoms. The fourth-order valence-corrected chi connectivity index (χ4v) is 6.05. The molecule has 0 amide bonds. The molecule has 0 unspecified atom stereocenters. The summed E-state index contributed by atoms with van der Waals surface area (Å²) in [5.74, 6) is 0.727. The highest BCUT2D eigenvalue weighted by molar-refractivity contribution is 7.89. The van der Waals surface area contributed by atoms with Gasteiger partial charge in [0, 0.05) is 25.7 Å². The summed E-state index contributed by atoms with van der Waals surface area (Å²) in [5, 5.41) is 0. The molecule has 0 radical (unpaired) electrons. The highest BCUT2D eigenvalue weighted by Crippen LogP contribution is 2.31. The van der Waals surface area contributed by atoms with Crippen LogP contribution in [0, 0.1) is 5.92 Å². The summed E-state index contributed by atoms with van der Waals surface area (Å²) in [4.78, 5) is 5.43. The van der Waals surface area contributed by atoms with Crippen molar-refractivity contribution in [1.82, 2.24) is 14.5 Å². The molecule has 0 aliphatic carbocycles. The fourth-order valence-electron chi connectivity index (χ4n) is 5.01. The van der Waals surface area contributed by atoms with E-state index in [1.54, 1.807) is 24.3 Å². The zero-order chi connectivity index (χ0) is 20.8. The van der Waals surface area contributed by atoms with Gasteiger partial charge in [-0.25, -0.2) is 13.1 Å². The lowest BCUT2D eigenvalue weighted by molar-refractivity contribution is 0.110. The lowest BCUT2D eigenvalue weighted by Crippen LogP contribution is -2.44. The van der Waals surface area contributed by atoms with Gasteiger partial charge in [0.25, 0.3) is 0 Å². The summed E-state index contributed by atoms with van der Waals surface area (Å²) in [6, 6.07) is 20.0. The molecule has 0 saturated carbocycles. The average Bonchev–Trinajstić information content (AvgIpc) is 3.24. The lowest BCUT2D eigenvalue weighted by Gasteiger charge is -2.38. The van der Waals surface area contributed by atoms with Gasteiger partial charge in [0.1, 0.15) is 0 Å². The van der Waals surface area contributed by atoms with Crippen molar-refractivity contribution in [2.75, 3.05) is 32.7 Å². The molecule has 2 aromatic rings. The molecule has 1 atom stereocenters. The molecule has 2 saturated heterocycles. The quantitative estimate of drug-likeness (QED) is 0.702. The Kier molecular flexibility index (Phi) is 7.20. The predicted molar refractivity (Wildman–Crippen MR) is 121 cm³/mol. The highest BCUT2D eigenvalue weighted by Gasteiger charge is 2.33. The van der Waals surface area contributed by atoms with Crippen LogP contribution >= 0.6 is 0 Å². The van der Waals surface area contributed by atoms with E-state index in [-0.39, 0.29) is 0 Å². The van der Waals surface area contributed by atoms with E-state index < -0.39 is 10.0 Å². The maximum absolute atomic E-state index is 12.4. The highest BCUT2D eigenvalue weighted by atomic mass is 32.2. The summed E-state index contributed by atoms with van der Waals surface area (Å²) in [7, 11) is -3.41. The van der Waals surface area contributed by atoms with Gasteiger partial charge in [-0.05, 0) is 68.9 Å². The van der Waals surface area contributed by atoms with E-state index in [2.05, 4.69) is 44.9 Å². The maximum atomic E-state index is 12.4. The van der Waals surface area contributed by atoms with Crippen LogP contribution in [0.4, 0.5) is 0 Å². The minimum absolute atomic E-state index is 0.341. The summed E-state index contributed by atoms with van der Waals surface area (Å²) < 4.78 is 27.7. The fraction of sp³-hybridized carbons (Fsp3) is 0.500. The third kappa shape index (κ3) is 5.49. The van der Waals surface area contributed by atoms with Gasteiger partial charge in [0.2, 0.25) is 10.0 Å². The normalized spacial score (nSPS) is 21.8. The summed E-state index contributed by atoms with van der Waals surface area (Å²) in [6.07, 6.45) is 4.95. The molecule has 2 aromatic carbocycles. The molecule has 4 rings (SSSR count). The van der Waals surface area contributed by atoms with Crippen LogP contribution in [0.15, 0.2) is 65.6 Å². The van der Waals surface area contributed by atoms with E-state index in [0.717, 1.165) is 38.6 Å². The van der Waals surface area contributed by atoms with E-state index in [4.69, 9.17) is 0 Å². The van der Waals surface area contributed by atoms with Gasteiger partial charge in [0.15, 0.2) is 0 Å². The first-order chi connectivity index (χ1) is 14.6. The summed E-state index contributed by atoms with van der Waals surface area (Å²) >= 11 is 0. The van der Waals surface area contributed by atoms with Crippen LogP contribution in [0.1, 0.15) is 31.2 Å². The number of nitrogens with one attached hydrogen (secondary N) is 1. The topological polar surface area (TPSA) is 52.7 Å². The first-order valence-electron chi connectivity index (χ1n) is 11.2. The number of piperidine rings is 1. The van der Waals surface area contributed by atoms with E-state index in [1.807, 2.05) is 6.07 Å². The van der Waals surface area contributed by atoms with Gasteiger partial charge in [-0.3, -0.25) is 9.80 Å². The van der Waals surface area contributed by atoms with Crippen molar-refractivity contribution in [3.63, 3.8) is 0 Å². The van der Waals surface area contributed by atoms with Crippen molar-refractivity contribution in [1.29, 1.82) is 0 Å². The van der Waals surface area contributed by atoms with Gasteiger partial charge in [-0.1, -0.05) is 48.5 Å². The van der Waals surface area contributed by atoms with Crippen LogP contribution in [0.3, 0.4) is 0 Å². The second-order valence-corrected chi connectivity index (χ2v) is 10.3. The summed E-state index contributed by atoms with van der Waals surface area (Å²) in [5.41, 5.74) is 1.39. The minimum Gasteiger partial charge on any atom is -0.299 e. The monoisotopic (exact) mass is 427 g/mol. The van der Waals surface area contributed by atoms with Crippen LogP contribution in [-0.4, -0.2) is 57.0 Å². The third-order valence-electron chi connectivity index (χ3n) is 6.58. The zero-order valence-corrected chi connectivity index (χ0v) is 18.4. The lowest BCUT2D eigenvalue weighted by atomic mass is 9.87. The number of sulfonamides is 1.